The maximum Gasteiger partial charge on any atom is 0.122 e. The van der Waals surface area contributed by atoms with E-state index >= 15 is 0 Å². The molecule has 0 heterocycles. The molecule has 0 aliphatic rings. The number of hydrogen-bond acceptors (Lipinski definition) is 2. The van der Waals surface area contributed by atoms with Crippen LogP contribution >= 0.6 is 0 Å². The van der Waals surface area contributed by atoms with E-state index in [0.29, 0.717) is 11.5 Å². The van der Waals surface area contributed by atoms with E-state index < -0.39 is 0 Å². The lowest BCUT2D eigenvalue weighted by Crippen LogP contribution is -2.12. The van der Waals surface area contributed by atoms with Crippen LogP contribution in [0.2, 0.25) is 0 Å². The van der Waals surface area contributed by atoms with Gasteiger partial charge in [-0.2, -0.15) is 0 Å². The zero-order chi connectivity index (χ0) is 19.9. The third-order valence-corrected chi connectivity index (χ3v) is 4.73. The van der Waals surface area contributed by atoms with Crippen LogP contribution in [0.3, 0.4) is 0 Å². The second-order valence-corrected chi connectivity index (χ2v) is 9.30. The largest absolute Gasteiger partial charge is 0.507 e. The van der Waals surface area contributed by atoms with Gasteiger partial charge in [-0.3, -0.25) is 0 Å². The SMILES string of the molecule is Cc1cc(C=Cc2cc(C)c(O)c(C(C)(C)C)c2)cc(C(C)(C)C)c1O. The Labute approximate surface area is 158 Å². The molecule has 0 bridgehead atoms. The number of benzene rings is 2. The van der Waals surface area contributed by atoms with Crippen LogP contribution in [0.15, 0.2) is 24.3 Å². The molecule has 0 spiro atoms. The number of phenolic OH excluding ortho intramolecular Hbond substituents is 2. The minimum Gasteiger partial charge on any atom is -0.507 e. The third-order valence-electron chi connectivity index (χ3n) is 4.73. The maximum absolute atomic E-state index is 10.4. The molecule has 2 N–H and O–H groups in total. The van der Waals surface area contributed by atoms with Crippen molar-refractivity contribution < 1.29 is 10.2 Å². The van der Waals surface area contributed by atoms with Crippen molar-refractivity contribution >= 4 is 12.2 Å². The van der Waals surface area contributed by atoms with Gasteiger partial charge in [0.05, 0.1) is 0 Å². The molecule has 2 aromatic carbocycles. The second-order valence-electron chi connectivity index (χ2n) is 9.30. The molecule has 26 heavy (non-hydrogen) atoms. The molecule has 0 saturated heterocycles. The summed E-state index contributed by atoms with van der Waals surface area (Å²) in [6, 6.07) is 8.10. The summed E-state index contributed by atoms with van der Waals surface area (Å²) in [5.41, 5.74) is 5.56. The van der Waals surface area contributed by atoms with Crippen LogP contribution in [-0.2, 0) is 10.8 Å². The van der Waals surface area contributed by atoms with E-state index in [4.69, 9.17) is 0 Å². The zero-order valence-corrected chi connectivity index (χ0v) is 17.4. The highest BCUT2D eigenvalue weighted by atomic mass is 16.3. The number of phenols is 2. The van der Waals surface area contributed by atoms with Crippen molar-refractivity contribution in [2.75, 3.05) is 0 Å². The number of aryl methyl sites for hydroxylation is 2. The molecule has 0 radical (unpaired) electrons. The molecule has 0 saturated carbocycles. The number of aromatic hydroxyl groups is 2. The van der Waals surface area contributed by atoms with E-state index in [1.807, 2.05) is 26.0 Å². The summed E-state index contributed by atoms with van der Waals surface area (Å²) < 4.78 is 0. The highest BCUT2D eigenvalue weighted by Crippen LogP contribution is 2.36. The Morgan fingerprint density at radius 2 is 0.923 bits per heavy atom. The van der Waals surface area contributed by atoms with Crippen LogP contribution < -0.4 is 0 Å². The van der Waals surface area contributed by atoms with Gasteiger partial charge in [0.1, 0.15) is 11.5 Å². The molecular formula is C24H32O2. The lowest BCUT2D eigenvalue weighted by molar-refractivity contribution is 0.442. The van der Waals surface area contributed by atoms with Gasteiger partial charge in [-0.1, -0.05) is 53.7 Å². The fraction of sp³-hybridized carbons (Fsp3) is 0.417. The Hall–Kier alpha value is -2.22. The van der Waals surface area contributed by atoms with Crippen LogP contribution in [0.1, 0.15) is 74.9 Å². The summed E-state index contributed by atoms with van der Waals surface area (Å²) in [4.78, 5) is 0. The molecule has 2 aromatic rings. The summed E-state index contributed by atoms with van der Waals surface area (Å²) in [5, 5.41) is 20.8. The van der Waals surface area contributed by atoms with Crippen molar-refractivity contribution in [1.82, 2.24) is 0 Å². The van der Waals surface area contributed by atoms with Gasteiger partial charge in [0.15, 0.2) is 0 Å². The monoisotopic (exact) mass is 352 g/mol. The van der Waals surface area contributed by atoms with Crippen molar-refractivity contribution in [2.45, 2.75) is 66.2 Å². The molecule has 2 nitrogen and oxygen atoms in total. The van der Waals surface area contributed by atoms with Gasteiger partial charge in [-0.15, -0.1) is 0 Å². The summed E-state index contributed by atoms with van der Waals surface area (Å²) in [7, 11) is 0. The Morgan fingerprint density at radius 1 is 0.615 bits per heavy atom. The second kappa shape index (κ2) is 6.83. The Bertz CT molecular complexity index is 772. The van der Waals surface area contributed by atoms with Crippen molar-refractivity contribution in [3.63, 3.8) is 0 Å². The van der Waals surface area contributed by atoms with E-state index in [-0.39, 0.29) is 10.8 Å². The Kier molecular flexibility index (Phi) is 5.28. The standard InChI is InChI=1S/C24H32O2/c1-15-11-17(13-19(21(15)25)23(3,4)5)9-10-18-12-16(2)22(26)20(14-18)24(6,7)8/h9-14,25-26H,1-8H3. The smallest absolute Gasteiger partial charge is 0.122 e. The van der Waals surface area contributed by atoms with Crippen molar-refractivity contribution in [1.29, 1.82) is 0 Å². The van der Waals surface area contributed by atoms with Gasteiger partial charge in [0.25, 0.3) is 0 Å². The first kappa shape index (κ1) is 20.1. The van der Waals surface area contributed by atoms with Gasteiger partial charge >= 0.3 is 0 Å². The van der Waals surface area contributed by atoms with Crippen molar-refractivity contribution in [2.24, 2.45) is 0 Å². The average Bonchev–Trinajstić information content (AvgIpc) is 2.49. The van der Waals surface area contributed by atoms with Crippen molar-refractivity contribution in [3.8, 4) is 11.5 Å². The number of hydrogen-bond donors (Lipinski definition) is 2. The van der Waals surface area contributed by atoms with Gasteiger partial charge < -0.3 is 10.2 Å². The lowest BCUT2D eigenvalue weighted by Gasteiger charge is -2.22. The average molecular weight is 353 g/mol. The van der Waals surface area contributed by atoms with E-state index in [9.17, 15) is 10.2 Å². The first-order valence-electron chi connectivity index (χ1n) is 9.17. The molecule has 0 aliphatic carbocycles. The van der Waals surface area contributed by atoms with Gasteiger partial charge in [0, 0.05) is 11.1 Å². The van der Waals surface area contributed by atoms with Crippen LogP contribution in [0.25, 0.3) is 12.2 Å². The van der Waals surface area contributed by atoms with E-state index in [1.54, 1.807) is 0 Å². The molecule has 2 heteroatoms. The van der Waals surface area contributed by atoms with Gasteiger partial charge in [-0.25, -0.2) is 0 Å². The molecule has 2 rings (SSSR count). The fourth-order valence-corrected chi connectivity index (χ4v) is 3.14. The normalized spacial score (nSPS) is 12.8. The fourth-order valence-electron chi connectivity index (χ4n) is 3.14. The van der Waals surface area contributed by atoms with E-state index in [2.05, 4.69) is 65.8 Å². The van der Waals surface area contributed by atoms with Crippen LogP contribution in [0, 0.1) is 13.8 Å². The molecule has 0 fully saturated rings. The molecule has 0 atom stereocenters. The van der Waals surface area contributed by atoms with Crippen molar-refractivity contribution in [3.05, 3.63) is 57.6 Å². The lowest BCUT2D eigenvalue weighted by atomic mass is 9.83. The Balaban J connectivity index is 2.49. The predicted molar refractivity (Wildman–Crippen MR) is 112 cm³/mol. The summed E-state index contributed by atoms with van der Waals surface area (Å²) in [6.45, 7) is 16.5. The quantitative estimate of drug-likeness (QED) is 0.607. The van der Waals surface area contributed by atoms with Gasteiger partial charge in [-0.05, 0) is 71.2 Å². The third kappa shape index (κ3) is 4.30. The summed E-state index contributed by atoms with van der Waals surface area (Å²) >= 11 is 0. The van der Waals surface area contributed by atoms with E-state index in [0.717, 1.165) is 33.4 Å². The number of rotatable bonds is 2. The summed E-state index contributed by atoms with van der Waals surface area (Å²) in [5.74, 6) is 0.760. The molecular weight excluding hydrogens is 320 g/mol. The highest BCUT2D eigenvalue weighted by Gasteiger charge is 2.21. The van der Waals surface area contributed by atoms with Crippen LogP contribution in [0.5, 0.6) is 11.5 Å². The molecule has 0 aromatic heterocycles. The zero-order valence-electron chi connectivity index (χ0n) is 17.4. The molecule has 0 aliphatic heterocycles. The Morgan fingerprint density at radius 3 is 1.19 bits per heavy atom. The topological polar surface area (TPSA) is 40.5 Å². The minimum absolute atomic E-state index is 0.118. The first-order valence-corrected chi connectivity index (χ1v) is 9.17. The first-order chi connectivity index (χ1) is 11.8. The predicted octanol–water partition coefficient (Wildman–Crippen LogP) is 6.48. The minimum atomic E-state index is -0.118. The van der Waals surface area contributed by atoms with Gasteiger partial charge in [0.2, 0.25) is 0 Å². The maximum atomic E-state index is 10.4. The highest BCUT2D eigenvalue weighted by molar-refractivity contribution is 5.72. The molecule has 0 unspecified atom stereocenters. The van der Waals surface area contributed by atoms with Crippen LogP contribution in [0.4, 0.5) is 0 Å². The summed E-state index contributed by atoms with van der Waals surface area (Å²) in [6.07, 6.45) is 4.14. The molecule has 0 amide bonds. The van der Waals surface area contributed by atoms with Crippen LogP contribution in [-0.4, -0.2) is 10.2 Å². The van der Waals surface area contributed by atoms with E-state index in [1.165, 1.54) is 0 Å². The molecule has 140 valence electrons.